The standard InChI is InChI=1S/C11H13N5OS/c1-6-14-15-11(16(6)2)18-9-5-7(12)3-4-8(9)10(13)17/h3-5H,12H2,1-2H3,(H2,13,17). The second kappa shape index (κ2) is 4.69. The number of hydrogen-bond donors (Lipinski definition) is 2. The van der Waals surface area contributed by atoms with Crippen molar-refractivity contribution >= 4 is 23.4 Å². The van der Waals surface area contributed by atoms with Gasteiger partial charge >= 0.3 is 0 Å². The molecule has 0 atom stereocenters. The predicted molar refractivity (Wildman–Crippen MR) is 69.2 cm³/mol. The number of nitrogens with zero attached hydrogens (tertiary/aromatic N) is 3. The molecule has 2 aromatic rings. The third-order valence-electron chi connectivity index (χ3n) is 2.52. The van der Waals surface area contributed by atoms with E-state index in [1.165, 1.54) is 11.8 Å². The molecule has 1 amide bonds. The number of aryl methyl sites for hydroxylation is 1. The highest BCUT2D eigenvalue weighted by Gasteiger charge is 2.13. The molecular formula is C11H13N5OS. The minimum Gasteiger partial charge on any atom is -0.399 e. The number of anilines is 1. The van der Waals surface area contributed by atoms with E-state index in [2.05, 4.69) is 10.2 Å². The number of carbonyl (C=O) groups excluding carboxylic acids is 1. The van der Waals surface area contributed by atoms with Crippen LogP contribution in [0.3, 0.4) is 0 Å². The summed E-state index contributed by atoms with van der Waals surface area (Å²) in [7, 11) is 1.86. The van der Waals surface area contributed by atoms with E-state index in [1.807, 2.05) is 18.5 Å². The lowest BCUT2D eigenvalue weighted by Crippen LogP contribution is -2.12. The number of hydrogen-bond acceptors (Lipinski definition) is 5. The number of aromatic nitrogens is 3. The first-order valence-corrected chi connectivity index (χ1v) is 6.04. The molecule has 18 heavy (non-hydrogen) atoms. The fraction of sp³-hybridized carbons (Fsp3) is 0.182. The number of benzene rings is 1. The lowest BCUT2D eigenvalue weighted by molar-refractivity contribution is 0.0997. The van der Waals surface area contributed by atoms with Crippen LogP contribution in [0, 0.1) is 6.92 Å². The first-order valence-electron chi connectivity index (χ1n) is 5.22. The highest BCUT2D eigenvalue weighted by molar-refractivity contribution is 7.99. The van der Waals surface area contributed by atoms with Crippen LogP contribution in [0.25, 0.3) is 0 Å². The summed E-state index contributed by atoms with van der Waals surface area (Å²) in [6.07, 6.45) is 0. The Bertz CT molecular complexity index is 607. The molecule has 0 unspecified atom stereocenters. The van der Waals surface area contributed by atoms with E-state index in [1.54, 1.807) is 18.2 Å². The van der Waals surface area contributed by atoms with E-state index < -0.39 is 5.91 Å². The molecule has 1 heterocycles. The van der Waals surface area contributed by atoms with E-state index >= 15 is 0 Å². The molecule has 0 aliphatic carbocycles. The van der Waals surface area contributed by atoms with E-state index in [0.29, 0.717) is 21.3 Å². The van der Waals surface area contributed by atoms with Crippen LogP contribution in [-0.4, -0.2) is 20.7 Å². The molecule has 0 saturated heterocycles. The van der Waals surface area contributed by atoms with Crippen molar-refractivity contribution in [3.05, 3.63) is 29.6 Å². The van der Waals surface area contributed by atoms with Crippen molar-refractivity contribution in [2.45, 2.75) is 17.0 Å². The van der Waals surface area contributed by atoms with Gasteiger partial charge in [-0.3, -0.25) is 4.79 Å². The zero-order valence-corrected chi connectivity index (χ0v) is 10.9. The Morgan fingerprint density at radius 1 is 1.39 bits per heavy atom. The van der Waals surface area contributed by atoms with E-state index in [9.17, 15) is 4.79 Å². The Labute approximate surface area is 108 Å². The highest BCUT2D eigenvalue weighted by atomic mass is 32.2. The van der Waals surface area contributed by atoms with Gasteiger partial charge in [-0.05, 0) is 36.9 Å². The monoisotopic (exact) mass is 263 g/mol. The van der Waals surface area contributed by atoms with Crippen LogP contribution in [0.15, 0.2) is 28.3 Å². The van der Waals surface area contributed by atoms with Crippen molar-refractivity contribution in [2.75, 3.05) is 5.73 Å². The molecule has 2 rings (SSSR count). The van der Waals surface area contributed by atoms with Gasteiger partial charge in [-0.25, -0.2) is 0 Å². The summed E-state index contributed by atoms with van der Waals surface area (Å²) in [5, 5.41) is 8.66. The molecule has 0 bridgehead atoms. The second-order valence-corrected chi connectivity index (χ2v) is 4.82. The van der Waals surface area contributed by atoms with Crippen LogP contribution in [0.2, 0.25) is 0 Å². The van der Waals surface area contributed by atoms with E-state index in [-0.39, 0.29) is 0 Å². The fourth-order valence-corrected chi connectivity index (χ4v) is 2.42. The largest absolute Gasteiger partial charge is 0.399 e. The lowest BCUT2D eigenvalue weighted by atomic mass is 10.2. The maximum absolute atomic E-state index is 11.3. The minimum absolute atomic E-state index is 0.426. The highest BCUT2D eigenvalue weighted by Crippen LogP contribution is 2.30. The lowest BCUT2D eigenvalue weighted by Gasteiger charge is -2.07. The number of nitrogens with two attached hydrogens (primary N) is 2. The van der Waals surface area contributed by atoms with Crippen molar-refractivity contribution in [1.29, 1.82) is 0 Å². The van der Waals surface area contributed by atoms with Crippen molar-refractivity contribution in [2.24, 2.45) is 12.8 Å². The van der Waals surface area contributed by atoms with Gasteiger partial charge in [0.1, 0.15) is 5.82 Å². The molecule has 94 valence electrons. The van der Waals surface area contributed by atoms with Gasteiger partial charge in [0.15, 0.2) is 5.16 Å². The number of amides is 1. The molecule has 7 heteroatoms. The van der Waals surface area contributed by atoms with Gasteiger partial charge in [-0.15, -0.1) is 10.2 Å². The molecule has 1 aromatic heterocycles. The SMILES string of the molecule is Cc1nnc(Sc2cc(N)ccc2C(N)=O)n1C. The average molecular weight is 263 g/mol. The zero-order chi connectivity index (χ0) is 13.3. The molecule has 0 fully saturated rings. The van der Waals surface area contributed by atoms with Crippen molar-refractivity contribution in [1.82, 2.24) is 14.8 Å². The van der Waals surface area contributed by atoms with Gasteiger partial charge in [0, 0.05) is 17.6 Å². The molecule has 0 radical (unpaired) electrons. The van der Waals surface area contributed by atoms with Crippen molar-refractivity contribution < 1.29 is 4.79 Å². The predicted octanol–water partition coefficient (Wildman–Crippen LogP) is 0.956. The summed E-state index contributed by atoms with van der Waals surface area (Å²) in [6.45, 7) is 1.85. The summed E-state index contributed by atoms with van der Waals surface area (Å²) < 4.78 is 1.83. The molecule has 0 spiro atoms. The molecule has 0 aliphatic rings. The minimum atomic E-state index is -0.489. The Kier molecular flexibility index (Phi) is 3.24. The fourth-order valence-electron chi connectivity index (χ4n) is 1.40. The van der Waals surface area contributed by atoms with Crippen LogP contribution >= 0.6 is 11.8 Å². The molecule has 6 nitrogen and oxygen atoms in total. The van der Waals surface area contributed by atoms with Crippen molar-refractivity contribution in [3.63, 3.8) is 0 Å². The van der Waals surface area contributed by atoms with Gasteiger partial charge < -0.3 is 16.0 Å². The number of primary amides is 1. The molecule has 0 aliphatic heterocycles. The Hall–Kier alpha value is -2.02. The van der Waals surface area contributed by atoms with E-state index in [0.717, 1.165) is 5.82 Å². The summed E-state index contributed by atoms with van der Waals surface area (Å²) in [4.78, 5) is 12.0. The van der Waals surface area contributed by atoms with Crippen LogP contribution in [0.5, 0.6) is 0 Å². The van der Waals surface area contributed by atoms with Gasteiger partial charge in [0.25, 0.3) is 0 Å². The van der Waals surface area contributed by atoms with Crippen LogP contribution in [0.1, 0.15) is 16.2 Å². The Balaban J connectivity index is 2.42. The first-order chi connectivity index (χ1) is 8.49. The van der Waals surface area contributed by atoms with Gasteiger partial charge in [-0.2, -0.15) is 0 Å². The number of nitrogen functional groups attached to an aromatic ring is 1. The third kappa shape index (κ3) is 2.30. The smallest absolute Gasteiger partial charge is 0.249 e. The summed E-state index contributed by atoms with van der Waals surface area (Å²) >= 11 is 1.31. The summed E-state index contributed by atoms with van der Waals surface area (Å²) in [5.74, 6) is 0.304. The van der Waals surface area contributed by atoms with Crippen LogP contribution in [0.4, 0.5) is 5.69 Å². The third-order valence-corrected chi connectivity index (χ3v) is 3.62. The Morgan fingerprint density at radius 3 is 2.67 bits per heavy atom. The van der Waals surface area contributed by atoms with Gasteiger partial charge in [0.05, 0.1) is 5.56 Å². The first kappa shape index (κ1) is 12.4. The van der Waals surface area contributed by atoms with Crippen LogP contribution < -0.4 is 11.5 Å². The normalized spacial score (nSPS) is 10.6. The van der Waals surface area contributed by atoms with Gasteiger partial charge in [0.2, 0.25) is 5.91 Å². The molecule has 4 N–H and O–H groups in total. The number of carbonyl (C=O) groups is 1. The van der Waals surface area contributed by atoms with E-state index in [4.69, 9.17) is 11.5 Å². The molecular weight excluding hydrogens is 250 g/mol. The van der Waals surface area contributed by atoms with Crippen LogP contribution in [-0.2, 0) is 7.05 Å². The zero-order valence-electron chi connectivity index (χ0n) is 10.0. The molecule has 1 aromatic carbocycles. The Morgan fingerprint density at radius 2 is 2.11 bits per heavy atom. The number of rotatable bonds is 3. The van der Waals surface area contributed by atoms with Gasteiger partial charge in [-0.1, -0.05) is 0 Å². The quantitative estimate of drug-likeness (QED) is 0.803. The maximum atomic E-state index is 11.3. The summed E-state index contributed by atoms with van der Waals surface area (Å²) in [6, 6.07) is 4.96. The van der Waals surface area contributed by atoms with Crippen molar-refractivity contribution in [3.8, 4) is 0 Å². The second-order valence-electron chi connectivity index (χ2n) is 3.81. The summed E-state index contributed by atoms with van der Waals surface area (Å²) in [5.41, 5.74) is 12.0. The molecule has 0 saturated carbocycles. The topological polar surface area (TPSA) is 99.8 Å². The maximum Gasteiger partial charge on any atom is 0.249 e. The average Bonchev–Trinajstić information content (AvgIpc) is 2.61.